The molecule has 0 spiro atoms. The molecule has 1 aromatic carbocycles. The molecule has 1 fully saturated rings. The van der Waals surface area contributed by atoms with Crippen LogP contribution < -0.4 is 16.7 Å². The van der Waals surface area contributed by atoms with Gasteiger partial charge in [0.1, 0.15) is 6.17 Å². The van der Waals surface area contributed by atoms with Gasteiger partial charge in [0.25, 0.3) is 0 Å². The maximum atomic E-state index is 14.0. The van der Waals surface area contributed by atoms with E-state index >= 15 is 0 Å². The van der Waals surface area contributed by atoms with E-state index in [0.29, 0.717) is 10.0 Å². The molecule has 0 saturated carbocycles. The minimum Gasteiger partial charge on any atom is -0.378 e. The first-order valence-electron chi connectivity index (χ1n) is 8.03. The maximum Gasteiger partial charge on any atom is 0.355 e. The molecule has 26 heavy (non-hydrogen) atoms. The van der Waals surface area contributed by atoms with E-state index in [2.05, 4.69) is 15.3 Å². The molecule has 7 nitrogen and oxygen atoms in total. The van der Waals surface area contributed by atoms with Crippen molar-refractivity contribution in [3.8, 4) is 0 Å². The van der Waals surface area contributed by atoms with E-state index in [0.717, 1.165) is 10.1 Å². The smallest absolute Gasteiger partial charge is 0.355 e. The first-order chi connectivity index (χ1) is 12.4. The van der Waals surface area contributed by atoms with Crippen LogP contribution in [0.1, 0.15) is 31.0 Å². The number of ether oxygens (including phenoxy) is 1. The van der Waals surface area contributed by atoms with Gasteiger partial charge < -0.3 is 10.1 Å². The van der Waals surface area contributed by atoms with Crippen molar-refractivity contribution in [1.29, 1.82) is 0 Å². The molecular weight excluding hydrogens is 386 g/mol. The van der Waals surface area contributed by atoms with Crippen LogP contribution >= 0.6 is 23.2 Å². The number of hydrogen-bond acceptors (Lipinski definition) is 5. The number of benzene rings is 1. The molecule has 1 aromatic heterocycles. The lowest BCUT2D eigenvalue weighted by Crippen LogP contribution is -2.46. The molecule has 0 bridgehead atoms. The number of anilines is 1. The number of halogens is 3. The highest BCUT2D eigenvalue weighted by Crippen LogP contribution is 2.26. The number of hydrogen-bond donors (Lipinski definition) is 2. The summed E-state index contributed by atoms with van der Waals surface area (Å²) in [6.07, 6.45) is -1.20. The van der Waals surface area contributed by atoms with E-state index in [1.54, 1.807) is 25.1 Å². The first kappa shape index (κ1) is 18.9. The lowest BCUT2D eigenvalue weighted by atomic mass is 10.1. The summed E-state index contributed by atoms with van der Waals surface area (Å²) in [4.78, 5) is 30.9. The molecule has 2 aromatic rings. The van der Waals surface area contributed by atoms with Gasteiger partial charge in [-0.2, -0.15) is 4.98 Å². The van der Waals surface area contributed by atoms with Crippen LogP contribution in [-0.4, -0.2) is 33.9 Å². The topological polar surface area (TPSA) is 89.0 Å². The second kappa shape index (κ2) is 7.77. The summed E-state index contributed by atoms with van der Waals surface area (Å²) in [6.45, 7) is 1.94. The number of aromatic nitrogens is 3. The standard InChI is InChI=1S/C16H17Cl2FN4O3/c1-8(9-2-3-10(17)11(18)6-9)20-14-21-15(24)23(16(25)22-14)13-4-5-26-7-12(13)19/h2-3,6,8,12-13H,4-5,7H2,1H3,(H2,20,21,22,24,25)/t8-,12-,13+/m0/s1. The average Bonchev–Trinajstić information content (AvgIpc) is 2.58. The van der Waals surface area contributed by atoms with Crippen LogP contribution in [0.2, 0.25) is 10.0 Å². The lowest BCUT2D eigenvalue weighted by molar-refractivity contribution is 0.000716. The van der Waals surface area contributed by atoms with Gasteiger partial charge in [0.15, 0.2) is 0 Å². The summed E-state index contributed by atoms with van der Waals surface area (Å²) < 4.78 is 19.8. The van der Waals surface area contributed by atoms with Crippen LogP contribution in [0.5, 0.6) is 0 Å². The van der Waals surface area contributed by atoms with Gasteiger partial charge in [0, 0.05) is 6.61 Å². The van der Waals surface area contributed by atoms with Crippen molar-refractivity contribution < 1.29 is 9.13 Å². The van der Waals surface area contributed by atoms with Gasteiger partial charge in [0.05, 0.1) is 28.7 Å². The third kappa shape index (κ3) is 3.92. The Morgan fingerprint density at radius 2 is 2.15 bits per heavy atom. The third-order valence-electron chi connectivity index (χ3n) is 4.24. The fourth-order valence-electron chi connectivity index (χ4n) is 2.84. The Labute approximate surface area is 158 Å². The van der Waals surface area contributed by atoms with Crippen molar-refractivity contribution >= 4 is 29.2 Å². The van der Waals surface area contributed by atoms with Crippen LogP contribution in [0, 0.1) is 0 Å². The zero-order chi connectivity index (χ0) is 18.8. The Morgan fingerprint density at radius 3 is 2.81 bits per heavy atom. The van der Waals surface area contributed by atoms with Gasteiger partial charge in [-0.3, -0.25) is 4.98 Å². The molecule has 2 heterocycles. The maximum absolute atomic E-state index is 14.0. The number of aromatic amines is 1. The minimum absolute atomic E-state index is 0.00251. The van der Waals surface area contributed by atoms with Crippen LogP contribution in [0.15, 0.2) is 27.8 Å². The molecule has 10 heteroatoms. The van der Waals surface area contributed by atoms with E-state index in [9.17, 15) is 14.0 Å². The fraction of sp³-hybridized carbons (Fsp3) is 0.438. The van der Waals surface area contributed by atoms with Crippen molar-refractivity contribution in [3.05, 3.63) is 54.8 Å². The molecule has 1 aliphatic rings. The number of nitrogens with zero attached hydrogens (tertiary/aromatic N) is 2. The summed E-state index contributed by atoms with van der Waals surface area (Å²) in [6, 6.07) is 3.91. The monoisotopic (exact) mass is 402 g/mol. The predicted molar refractivity (Wildman–Crippen MR) is 97.0 cm³/mol. The van der Waals surface area contributed by atoms with E-state index in [4.69, 9.17) is 27.9 Å². The zero-order valence-electron chi connectivity index (χ0n) is 13.8. The van der Waals surface area contributed by atoms with Crippen molar-refractivity contribution in [2.75, 3.05) is 18.5 Å². The van der Waals surface area contributed by atoms with Gasteiger partial charge in [0.2, 0.25) is 5.95 Å². The summed E-state index contributed by atoms with van der Waals surface area (Å²) in [5.41, 5.74) is -0.741. The van der Waals surface area contributed by atoms with E-state index in [-0.39, 0.29) is 31.6 Å². The first-order valence-corrected chi connectivity index (χ1v) is 8.78. The molecule has 0 radical (unpaired) electrons. The largest absolute Gasteiger partial charge is 0.378 e. The Balaban J connectivity index is 1.84. The number of alkyl halides is 1. The van der Waals surface area contributed by atoms with Gasteiger partial charge in [-0.15, -0.1) is 0 Å². The zero-order valence-corrected chi connectivity index (χ0v) is 15.4. The van der Waals surface area contributed by atoms with Gasteiger partial charge >= 0.3 is 11.4 Å². The predicted octanol–water partition coefficient (Wildman–Crippen LogP) is 2.71. The molecule has 3 atom stereocenters. The van der Waals surface area contributed by atoms with E-state index in [1.165, 1.54) is 0 Å². The van der Waals surface area contributed by atoms with Crippen molar-refractivity contribution in [2.24, 2.45) is 0 Å². The molecule has 2 N–H and O–H groups in total. The van der Waals surface area contributed by atoms with Crippen LogP contribution in [0.25, 0.3) is 0 Å². The Morgan fingerprint density at radius 1 is 1.38 bits per heavy atom. The summed E-state index contributed by atoms with van der Waals surface area (Å²) in [5, 5.41) is 3.74. The van der Waals surface area contributed by atoms with Crippen molar-refractivity contribution in [1.82, 2.24) is 14.5 Å². The van der Waals surface area contributed by atoms with Crippen molar-refractivity contribution in [3.63, 3.8) is 0 Å². The Hall–Kier alpha value is -1.90. The molecule has 0 aliphatic carbocycles. The molecule has 0 unspecified atom stereocenters. The fourth-order valence-corrected chi connectivity index (χ4v) is 3.15. The molecule has 0 amide bonds. The SMILES string of the molecule is C[C@H](Nc1nc(=O)n([C@@H]2CCOC[C@@H]2F)c(=O)[nH]1)c1ccc(Cl)c(Cl)c1. The normalized spacial score (nSPS) is 21.4. The summed E-state index contributed by atoms with van der Waals surface area (Å²) >= 11 is 11.9. The average molecular weight is 403 g/mol. The second-order valence-corrected chi connectivity index (χ2v) is 6.84. The quantitative estimate of drug-likeness (QED) is 0.820. The molecule has 140 valence electrons. The Kier molecular flexibility index (Phi) is 5.64. The van der Waals surface area contributed by atoms with Crippen LogP contribution in [0.4, 0.5) is 10.3 Å². The third-order valence-corrected chi connectivity index (χ3v) is 4.98. The van der Waals surface area contributed by atoms with Crippen LogP contribution in [0.3, 0.4) is 0 Å². The second-order valence-electron chi connectivity index (χ2n) is 6.03. The van der Waals surface area contributed by atoms with E-state index in [1.807, 2.05) is 0 Å². The highest BCUT2D eigenvalue weighted by Gasteiger charge is 2.30. The summed E-state index contributed by atoms with van der Waals surface area (Å²) in [5.74, 6) is -0.00251. The lowest BCUT2D eigenvalue weighted by Gasteiger charge is -2.26. The molecule has 1 saturated heterocycles. The minimum atomic E-state index is -1.43. The number of rotatable bonds is 4. The molecule has 1 aliphatic heterocycles. The highest BCUT2D eigenvalue weighted by molar-refractivity contribution is 6.42. The van der Waals surface area contributed by atoms with Gasteiger partial charge in [-0.1, -0.05) is 29.3 Å². The highest BCUT2D eigenvalue weighted by atomic mass is 35.5. The van der Waals surface area contributed by atoms with Crippen LogP contribution in [-0.2, 0) is 4.74 Å². The molecule has 3 rings (SSSR count). The number of H-pyrrole nitrogens is 1. The van der Waals surface area contributed by atoms with Gasteiger partial charge in [-0.05, 0) is 31.0 Å². The molecular formula is C16H17Cl2FN4O3. The van der Waals surface area contributed by atoms with E-state index < -0.39 is 23.6 Å². The number of nitrogens with one attached hydrogen (secondary N) is 2. The summed E-state index contributed by atoms with van der Waals surface area (Å²) in [7, 11) is 0. The Bertz CT molecular complexity index is 886. The van der Waals surface area contributed by atoms with Gasteiger partial charge in [-0.25, -0.2) is 18.5 Å². The van der Waals surface area contributed by atoms with Crippen molar-refractivity contribution in [2.45, 2.75) is 31.6 Å².